The van der Waals surface area contributed by atoms with E-state index >= 15 is 0 Å². The van der Waals surface area contributed by atoms with Crippen LogP contribution in [0.3, 0.4) is 0 Å². The van der Waals surface area contributed by atoms with Crippen LogP contribution < -0.4 is 5.32 Å². The van der Waals surface area contributed by atoms with Gasteiger partial charge in [-0.3, -0.25) is 14.3 Å². The maximum Gasteiger partial charge on any atom is 0.219 e. The molecule has 1 saturated carbocycles. The highest BCUT2D eigenvalue weighted by molar-refractivity contribution is 5.97. The second-order valence-electron chi connectivity index (χ2n) is 8.82. The van der Waals surface area contributed by atoms with E-state index in [1.54, 1.807) is 6.92 Å². The predicted molar refractivity (Wildman–Crippen MR) is 113 cm³/mol. The van der Waals surface area contributed by atoms with Crippen LogP contribution in [0.2, 0.25) is 0 Å². The first kappa shape index (κ1) is 19.7. The van der Waals surface area contributed by atoms with Gasteiger partial charge in [0.2, 0.25) is 5.91 Å². The molecule has 1 aromatic carbocycles. The number of carbonyl (C=O) groups excluding carboxylic acids is 2. The van der Waals surface area contributed by atoms with Crippen molar-refractivity contribution in [2.75, 3.05) is 11.9 Å². The molecule has 0 unspecified atom stereocenters. The number of aromatic nitrogens is 2. The summed E-state index contributed by atoms with van der Waals surface area (Å²) >= 11 is 0. The van der Waals surface area contributed by atoms with Gasteiger partial charge < -0.3 is 10.2 Å². The molecule has 0 saturated heterocycles. The Hall–Kier alpha value is -2.63. The number of nitrogens with zero attached hydrogens (tertiary/aromatic N) is 3. The van der Waals surface area contributed by atoms with Gasteiger partial charge in [-0.15, -0.1) is 0 Å². The molecule has 29 heavy (non-hydrogen) atoms. The zero-order valence-corrected chi connectivity index (χ0v) is 17.6. The highest BCUT2D eigenvalue weighted by Crippen LogP contribution is 2.34. The Balaban J connectivity index is 1.60. The van der Waals surface area contributed by atoms with E-state index in [0.717, 1.165) is 48.1 Å². The maximum atomic E-state index is 12.5. The number of ketones is 1. The van der Waals surface area contributed by atoms with E-state index < -0.39 is 0 Å². The molecular weight excluding hydrogens is 364 g/mol. The zero-order chi connectivity index (χ0) is 20.5. The third-order valence-corrected chi connectivity index (χ3v) is 5.75. The lowest BCUT2D eigenvalue weighted by Crippen LogP contribution is -2.34. The molecule has 1 fully saturated rings. The maximum absolute atomic E-state index is 12.5. The highest BCUT2D eigenvalue weighted by atomic mass is 16.2. The van der Waals surface area contributed by atoms with Crippen molar-refractivity contribution in [2.24, 2.45) is 11.8 Å². The van der Waals surface area contributed by atoms with Crippen molar-refractivity contribution in [3.8, 4) is 0 Å². The van der Waals surface area contributed by atoms with E-state index in [4.69, 9.17) is 5.10 Å². The lowest BCUT2D eigenvalue weighted by molar-refractivity contribution is -0.129. The van der Waals surface area contributed by atoms with Gasteiger partial charge in [0.25, 0.3) is 0 Å². The van der Waals surface area contributed by atoms with Gasteiger partial charge in [-0.1, -0.05) is 26.0 Å². The van der Waals surface area contributed by atoms with Crippen molar-refractivity contribution in [1.29, 1.82) is 0 Å². The lowest BCUT2D eigenvalue weighted by Gasteiger charge is -2.26. The fourth-order valence-electron chi connectivity index (χ4n) is 3.95. The number of benzene rings is 1. The van der Waals surface area contributed by atoms with Crippen LogP contribution in [0.4, 0.5) is 11.5 Å². The number of nitrogens with one attached hydrogen (secondary N) is 1. The normalized spacial score (nSPS) is 16.1. The van der Waals surface area contributed by atoms with E-state index in [0.29, 0.717) is 18.9 Å². The number of hydrogen-bond acceptors (Lipinski definition) is 4. The Morgan fingerprint density at radius 2 is 2.07 bits per heavy atom. The van der Waals surface area contributed by atoms with Crippen molar-refractivity contribution in [1.82, 2.24) is 14.7 Å². The third-order valence-electron chi connectivity index (χ3n) is 5.75. The molecule has 1 aromatic heterocycles. The van der Waals surface area contributed by atoms with Gasteiger partial charge in [-0.05, 0) is 36.8 Å². The molecular formula is C23H30N4O2. The first-order chi connectivity index (χ1) is 13.9. The number of fused-ring (bicyclic) bond motifs is 1. The standard InChI is InChI=1S/C23H30N4O2/c1-15(2)11-22(29)18-5-4-6-19(12-18)24-23-20-14-26(16(3)28)10-9-21(20)27(25-23)13-17-7-8-17/h4-6,12,15,17H,7-11,13-14H2,1-3H3,(H,24,25). The van der Waals surface area contributed by atoms with Gasteiger partial charge >= 0.3 is 0 Å². The number of hydrogen-bond donors (Lipinski definition) is 1. The molecule has 2 heterocycles. The van der Waals surface area contributed by atoms with Crippen LogP contribution in [0.5, 0.6) is 0 Å². The van der Waals surface area contributed by atoms with Crippen LogP contribution in [0, 0.1) is 11.8 Å². The van der Waals surface area contributed by atoms with Crippen molar-refractivity contribution >= 4 is 23.2 Å². The number of Topliss-reactive ketones (excluding diaryl/α,β-unsaturated/α-hetero) is 1. The average molecular weight is 395 g/mol. The minimum atomic E-state index is 0.0952. The number of amides is 1. The summed E-state index contributed by atoms with van der Waals surface area (Å²) in [5, 5.41) is 8.30. The molecule has 6 heteroatoms. The summed E-state index contributed by atoms with van der Waals surface area (Å²) in [6.45, 7) is 8.02. The van der Waals surface area contributed by atoms with E-state index in [1.165, 1.54) is 18.5 Å². The third kappa shape index (κ3) is 4.52. The van der Waals surface area contributed by atoms with Gasteiger partial charge in [0, 0.05) is 55.4 Å². The Morgan fingerprint density at radius 3 is 2.76 bits per heavy atom. The van der Waals surface area contributed by atoms with Crippen molar-refractivity contribution in [2.45, 2.75) is 59.5 Å². The molecule has 0 atom stereocenters. The molecule has 154 valence electrons. The molecule has 4 rings (SSSR count). The van der Waals surface area contributed by atoms with E-state index in [-0.39, 0.29) is 11.7 Å². The summed E-state index contributed by atoms with van der Waals surface area (Å²) in [6, 6.07) is 7.65. The van der Waals surface area contributed by atoms with Gasteiger partial charge in [0.1, 0.15) is 0 Å². The van der Waals surface area contributed by atoms with E-state index in [1.807, 2.05) is 29.2 Å². The fourth-order valence-corrected chi connectivity index (χ4v) is 3.95. The predicted octanol–water partition coefficient (Wildman–Crippen LogP) is 4.17. The Kier molecular flexibility index (Phi) is 5.43. The largest absolute Gasteiger partial charge is 0.338 e. The topological polar surface area (TPSA) is 67.2 Å². The highest BCUT2D eigenvalue weighted by Gasteiger charge is 2.29. The lowest BCUT2D eigenvalue weighted by atomic mass is 10.0. The molecule has 1 N–H and O–H groups in total. The molecule has 1 amide bonds. The molecule has 1 aliphatic carbocycles. The van der Waals surface area contributed by atoms with Gasteiger partial charge in [-0.25, -0.2) is 0 Å². The second-order valence-corrected chi connectivity index (χ2v) is 8.82. The summed E-state index contributed by atoms with van der Waals surface area (Å²) in [4.78, 5) is 26.2. The molecule has 0 spiro atoms. The summed E-state index contributed by atoms with van der Waals surface area (Å²) in [6.07, 6.45) is 3.93. The first-order valence-corrected chi connectivity index (χ1v) is 10.6. The second kappa shape index (κ2) is 8.01. The molecule has 1 aliphatic heterocycles. The first-order valence-electron chi connectivity index (χ1n) is 10.6. The van der Waals surface area contributed by atoms with Crippen LogP contribution in [0.1, 0.15) is 61.6 Å². The Labute approximate surface area is 172 Å². The summed E-state index contributed by atoms with van der Waals surface area (Å²) in [7, 11) is 0. The smallest absolute Gasteiger partial charge is 0.219 e. The number of rotatable bonds is 7. The minimum absolute atomic E-state index is 0.0952. The van der Waals surface area contributed by atoms with Crippen LogP contribution in [0.25, 0.3) is 0 Å². The molecule has 0 radical (unpaired) electrons. The van der Waals surface area contributed by atoms with Crippen LogP contribution >= 0.6 is 0 Å². The van der Waals surface area contributed by atoms with Crippen LogP contribution in [-0.2, 0) is 24.3 Å². The quantitative estimate of drug-likeness (QED) is 0.716. The molecule has 0 bridgehead atoms. The minimum Gasteiger partial charge on any atom is -0.338 e. The SMILES string of the molecule is CC(=O)N1CCc2c(c(Nc3cccc(C(=O)CC(C)C)c3)nn2CC2CC2)C1. The molecule has 6 nitrogen and oxygen atoms in total. The Morgan fingerprint density at radius 1 is 1.28 bits per heavy atom. The Bertz CT molecular complexity index is 927. The van der Waals surface area contributed by atoms with Crippen molar-refractivity contribution < 1.29 is 9.59 Å². The number of carbonyl (C=O) groups is 2. The van der Waals surface area contributed by atoms with Crippen molar-refractivity contribution in [3.05, 3.63) is 41.1 Å². The molecule has 2 aromatic rings. The van der Waals surface area contributed by atoms with Crippen molar-refractivity contribution in [3.63, 3.8) is 0 Å². The van der Waals surface area contributed by atoms with Crippen LogP contribution in [0.15, 0.2) is 24.3 Å². The summed E-state index contributed by atoms with van der Waals surface area (Å²) in [5.41, 5.74) is 3.92. The zero-order valence-electron chi connectivity index (χ0n) is 17.6. The van der Waals surface area contributed by atoms with E-state index in [2.05, 4.69) is 23.8 Å². The summed E-state index contributed by atoms with van der Waals surface area (Å²) < 4.78 is 2.14. The monoisotopic (exact) mass is 394 g/mol. The fraction of sp³-hybridized carbons (Fsp3) is 0.522. The van der Waals surface area contributed by atoms with E-state index in [9.17, 15) is 9.59 Å². The van der Waals surface area contributed by atoms with Crippen LogP contribution in [-0.4, -0.2) is 32.9 Å². The summed E-state index contributed by atoms with van der Waals surface area (Å²) in [5.74, 6) is 2.13. The van der Waals surface area contributed by atoms with Gasteiger partial charge in [0.15, 0.2) is 11.6 Å². The van der Waals surface area contributed by atoms with Gasteiger partial charge in [0.05, 0.1) is 6.54 Å². The molecule has 2 aliphatic rings. The average Bonchev–Trinajstić information content (AvgIpc) is 3.44. The number of anilines is 2. The van der Waals surface area contributed by atoms with Gasteiger partial charge in [-0.2, -0.15) is 5.10 Å².